The van der Waals surface area contributed by atoms with Crippen LogP contribution in [0.3, 0.4) is 0 Å². The van der Waals surface area contributed by atoms with Crippen LogP contribution in [0.1, 0.15) is 26.8 Å². The van der Waals surface area contributed by atoms with Crippen molar-refractivity contribution in [3.05, 3.63) is 52.3 Å². The molecule has 3 aromatic rings. The van der Waals surface area contributed by atoms with Crippen LogP contribution < -0.4 is 9.47 Å². The van der Waals surface area contributed by atoms with Crippen molar-refractivity contribution in [2.75, 3.05) is 12.4 Å². The van der Waals surface area contributed by atoms with Crippen LogP contribution in [0.25, 0.3) is 0 Å². The average molecular weight is 416 g/mol. The van der Waals surface area contributed by atoms with Crippen LogP contribution in [0.4, 0.5) is 0 Å². The molecule has 0 radical (unpaired) electrons. The number of para-hydroxylation sites is 2. The first-order valence-electron chi connectivity index (χ1n) is 9.02. The summed E-state index contributed by atoms with van der Waals surface area (Å²) in [6.07, 6.45) is -0.0959. The van der Waals surface area contributed by atoms with Crippen LogP contribution in [0, 0.1) is 20.8 Å². The molecule has 1 aromatic carbocycles. The Bertz CT molecular complexity index is 1010. The van der Waals surface area contributed by atoms with Crippen molar-refractivity contribution in [2.24, 2.45) is 0 Å². The summed E-state index contributed by atoms with van der Waals surface area (Å²) in [5.74, 6) is 2.00. The fourth-order valence-electron chi connectivity index (χ4n) is 3.26. The number of fused-ring (bicyclic) bond motifs is 1. The van der Waals surface area contributed by atoms with E-state index < -0.39 is 0 Å². The first-order chi connectivity index (χ1) is 13.5. The molecule has 0 saturated carbocycles. The number of carbonyl (C=O) groups excluding carboxylic acids is 1. The normalized spacial score (nSPS) is 15.6. The van der Waals surface area contributed by atoms with Gasteiger partial charge in [-0.2, -0.15) is 0 Å². The number of benzene rings is 1. The summed E-state index contributed by atoms with van der Waals surface area (Å²) in [7, 11) is 0. The van der Waals surface area contributed by atoms with Crippen molar-refractivity contribution in [1.82, 2.24) is 14.8 Å². The van der Waals surface area contributed by atoms with Gasteiger partial charge < -0.3 is 14.0 Å². The van der Waals surface area contributed by atoms with Crippen LogP contribution in [-0.4, -0.2) is 39.0 Å². The fourth-order valence-corrected chi connectivity index (χ4v) is 4.96. The summed E-state index contributed by atoms with van der Waals surface area (Å²) in [6.45, 7) is 7.04. The lowest BCUT2D eigenvalue weighted by atomic mass is 10.2. The van der Waals surface area contributed by atoms with Gasteiger partial charge in [-0.05, 0) is 39.0 Å². The molecule has 2 aromatic heterocycles. The van der Waals surface area contributed by atoms with Crippen molar-refractivity contribution in [1.29, 1.82) is 0 Å². The van der Waals surface area contributed by atoms with Gasteiger partial charge in [0.2, 0.25) is 0 Å². The van der Waals surface area contributed by atoms with Gasteiger partial charge in [0.1, 0.15) is 11.6 Å². The van der Waals surface area contributed by atoms with Gasteiger partial charge in [0, 0.05) is 17.0 Å². The molecule has 0 amide bonds. The van der Waals surface area contributed by atoms with Gasteiger partial charge >= 0.3 is 0 Å². The molecule has 0 spiro atoms. The van der Waals surface area contributed by atoms with Crippen LogP contribution in [0.15, 0.2) is 34.7 Å². The molecule has 6 nitrogen and oxygen atoms in total. The number of hydrogen-bond donors (Lipinski definition) is 0. The zero-order valence-electron chi connectivity index (χ0n) is 16.0. The number of Topliss-reactive ketones (excluding diaryl/α,β-unsaturated/α-hetero) is 1. The highest BCUT2D eigenvalue weighted by Crippen LogP contribution is 2.32. The van der Waals surface area contributed by atoms with Crippen LogP contribution in [-0.2, 0) is 6.54 Å². The van der Waals surface area contributed by atoms with Gasteiger partial charge in [0.15, 0.2) is 27.7 Å². The second kappa shape index (κ2) is 7.97. The summed E-state index contributed by atoms with van der Waals surface area (Å²) < 4.78 is 14.8. The third-order valence-corrected chi connectivity index (χ3v) is 6.63. The number of hydrogen-bond acceptors (Lipinski definition) is 7. The minimum Gasteiger partial charge on any atom is -0.486 e. The Morgan fingerprint density at radius 3 is 2.79 bits per heavy atom. The second-order valence-corrected chi connectivity index (χ2v) is 9.10. The lowest BCUT2D eigenvalue weighted by Gasteiger charge is -2.27. The molecular weight excluding hydrogens is 394 g/mol. The SMILES string of the molecule is Cc1nnc(SCC(=O)c2cc(C)n(CC3COc4ccccc4O3)c2C)s1. The lowest BCUT2D eigenvalue weighted by Crippen LogP contribution is -2.33. The standard InChI is InChI=1S/C20H21N3O3S2/c1-12-8-16(17(24)11-27-20-22-21-14(3)28-20)13(2)23(12)9-15-10-25-18-6-4-5-7-19(18)26-15/h4-8,15H,9-11H2,1-3H3. The molecule has 8 heteroatoms. The molecule has 3 heterocycles. The van der Waals surface area contributed by atoms with Crippen molar-refractivity contribution in [2.45, 2.75) is 37.8 Å². The van der Waals surface area contributed by atoms with Crippen molar-refractivity contribution in [3.8, 4) is 11.5 Å². The van der Waals surface area contributed by atoms with E-state index in [4.69, 9.17) is 9.47 Å². The Hall–Kier alpha value is -2.32. The third kappa shape index (κ3) is 3.93. The van der Waals surface area contributed by atoms with Gasteiger partial charge in [0.05, 0.1) is 12.3 Å². The summed E-state index contributed by atoms with van der Waals surface area (Å²) >= 11 is 2.95. The maximum atomic E-state index is 12.7. The Labute approximate surface area is 171 Å². The van der Waals surface area contributed by atoms with E-state index in [1.54, 1.807) is 0 Å². The van der Waals surface area contributed by atoms with Gasteiger partial charge in [-0.15, -0.1) is 10.2 Å². The number of aryl methyl sites for hydroxylation is 2. The minimum atomic E-state index is -0.0959. The van der Waals surface area contributed by atoms with Crippen molar-refractivity contribution >= 4 is 28.9 Å². The smallest absolute Gasteiger partial charge is 0.174 e. The average Bonchev–Trinajstić information content (AvgIpc) is 3.24. The monoisotopic (exact) mass is 415 g/mol. The van der Waals surface area contributed by atoms with Crippen LogP contribution >= 0.6 is 23.1 Å². The minimum absolute atomic E-state index is 0.0959. The van der Waals surface area contributed by atoms with Gasteiger partial charge in [0.25, 0.3) is 0 Å². The molecule has 0 bridgehead atoms. The zero-order valence-corrected chi connectivity index (χ0v) is 17.6. The maximum absolute atomic E-state index is 12.7. The molecule has 1 aliphatic rings. The van der Waals surface area contributed by atoms with E-state index in [0.717, 1.165) is 37.8 Å². The Kier molecular flexibility index (Phi) is 5.41. The van der Waals surface area contributed by atoms with E-state index in [1.165, 1.54) is 23.1 Å². The number of carbonyl (C=O) groups is 1. The Balaban J connectivity index is 1.44. The van der Waals surface area contributed by atoms with Gasteiger partial charge in [-0.25, -0.2) is 0 Å². The fraction of sp³-hybridized carbons (Fsp3) is 0.350. The Morgan fingerprint density at radius 2 is 2.04 bits per heavy atom. The van der Waals surface area contributed by atoms with Crippen LogP contribution in [0.5, 0.6) is 11.5 Å². The molecule has 1 unspecified atom stereocenters. The van der Waals surface area contributed by atoms with Crippen LogP contribution in [0.2, 0.25) is 0 Å². The first kappa shape index (κ1) is 19.0. The second-order valence-electron chi connectivity index (χ2n) is 6.69. The van der Waals surface area contributed by atoms with Gasteiger partial charge in [-0.3, -0.25) is 4.79 Å². The summed E-state index contributed by atoms with van der Waals surface area (Å²) in [5.41, 5.74) is 2.75. The molecular formula is C20H21N3O3S2. The topological polar surface area (TPSA) is 66.2 Å². The highest BCUT2D eigenvalue weighted by molar-refractivity contribution is 8.01. The number of thioether (sulfide) groups is 1. The number of rotatable bonds is 6. The molecule has 0 fully saturated rings. The quantitative estimate of drug-likeness (QED) is 0.446. The lowest BCUT2D eigenvalue weighted by molar-refractivity contribution is 0.0777. The molecule has 0 N–H and O–H groups in total. The van der Waals surface area contributed by atoms with E-state index in [9.17, 15) is 4.79 Å². The maximum Gasteiger partial charge on any atom is 0.174 e. The third-order valence-electron chi connectivity index (χ3n) is 4.66. The van der Waals surface area contributed by atoms with E-state index in [-0.39, 0.29) is 11.9 Å². The molecule has 0 aliphatic carbocycles. The summed E-state index contributed by atoms with van der Waals surface area (Å²) in [5, 5.41) is 8.96. The van der Waals surface area contributed by atoms with E-state index in [2.05, 4.69) is 14.8 Å². The predicted octanol–water partition coefficient (Wildman–Crippen LogP) is 4.08. The largest absolute Gasteiger partial charge is 0.486 e. The first-order valence-corrected chi connectivity index (χ1v) is 10.8. The molecule has 4 rings (SSSR count). The Morgan fingerprint density at radius 1 is 1.25 bits per heavy atom. The number of nitrogens with zero attached hydrogens (tertiary/aromatic N) is 3. The van der Waals surface area contributed by atoms with E-state index >= 15 is 0 Å². The molecule has 1 atom stereocenters. The van der Waals surface area contributed by atoms with Crippen molar-refractivity contribution in [3.63, 3.8) is 0 Å². The highest BCUT2D eigenvalue weighted by atomic mass is 32.2. The molecule has 1 aliphatic heterocycles. The number of ketones is 1. The van der Waals surface area contributed by atoms with Gasteiger partial charge in [-0.1, -0.05) is 35.2 Å². The molecule has 28 heavy (non-hydrogen) atoms. The molecule has 0 saturated heterocycles. The zero-order chi connectivity index (χ0) is 19.7. The van der Waals surface area contributed by atoms with E-state index in [0.29, 0.717) is 18.9 Å². The summed E-state index contributed by atoms with van der Waals surface area (Å²) in [4.78, 5) is 12.7. The highest BCUT2D eigenvalue weighted by Gasteiger charge is 2.24. The number of ether oxygens (including phenoxy) is 2. The molecule has 146 valence electrons. The number of aromatic nitrogens is 3. The summed E-state index contributed by atoms with van der Waals surface area (Å²) in [6, 6.07) is 9.65. The van der Waals surface area contributed by atoms with E-state index in [1.807, 2.05) is 51.1 Å². The van der Waals surface area contributed by atoms with Crippen molar-refractivity contribution < 1.29 is 14.3 Å². The predicted molar refractivity (Wildman–Crippen MR) is 110 cm³/mol.